The topological polar surface area (TPSA) is 31.6 Å². The number of hydrogen-bond acceptors (Lipinski definition) is 0. The second-order valence-electron chi connectivity index (χ2n) is 2.94. The van der Waals surface area contributed by atoms with E-state index in [0.717, 1.165) is 12.8 Å². The van der Waals surface area contributed by atoms with E-state index in [0.29, 0.717) is 0 Å². The predicted molar refractivity (Wildman–Crippen MR) is 58.0 cm³/mol. The third kappa shape index (κ3) is 4.99. The van der Waals surface area contributed by atoms with E-state index < -0.39 is 0 Å². The number of aryl methyl sites for hydroxylation is 2. The molecule has 82 valence electrons. The van der Waals surface area contributed by atoms with Gasteiger partial charge < -0.3 is 9.97 Å². The number of aromatic amines is 2. The van der Waals surface area contributed by atoms with Crippen LogP contribution in [0.3, 0.4) is 0 Å². The summed E-state index contributed by atoms with van der Waals surface area (Å²) in [5, 5.41) is 0. The standard InChI is InChI=1S/C8H12N.C4H4N.Ru/c1-3-7-5-9-6-8(7)4-2;1-2-4-5-3-1;/h5,9H,3-4H2,1-2H3;1-3,5H;/q2*-1;+2. The van der Waals surface area contributed by atoms with Crippen molar-refractivity contribution in [2.24, 2.45) is 0 Å². The normalized spacial score (nSPS) is 8.67. The SMILES string of the molecule is CCc1[c-][nH]cc1CC.[Ru+2].[c-]1ccc[nH]1. The molecule has 2 heterocycles. The molecule has 0 fully saturated rings. The summed E-state index contributed by atoms with van der Waals surface area (Å²) in [6.07, 6.45) is 11.9. The maximum atomic E-state index is 3.08. The predicted octanol–water partition coefficient (Wildman–Crippen LogP) is 2.75. The summed E-state index contributed by atoms with van der Waals surface area (Å²) in [4.78, 5) is 5.71. The van der Waals surface area contributed by atoms with Crippen molar-refractivity contribution in [1.29, 1.82) is 0 Å². The average molecular weight is 289 g/mol. The Bertz CT molecular complexity index is 289. The van der Waals surface area contributed by atoms with Gasteiger partial charge in [0.15, 0.2) is 0 Å². The van der Waals surface area contributed by atoms with Gasteiger partial charge in [-0.15, -0.1) is 18.6 Å². The maximum absolute atomic E-state index is 3.08. The van der Waals surface area contributed by atoms with Gasteiger partial charge in [-0.2, -0.15) is 29.5 Å². The third-order valence-electron chi connectivity index (χ3n) is 2.03. The molecular weight excluding hydrogens is 273 g/mol. The summed E-state index contributed by atoms with van der Waals surface area (Å²) in [7, 11) is 0. The minimum absolute atomic E-state index is 0. The van der Waals surface area contributed by atoms with Gasteiger partial charge in [0.2, 0.25) is 0 Å². The Kier molecular flexibility index (Phi) is 8.03. The van der Waals surface area contributed by atoms with Gasteiger partial charge in [-0.05, 0) is 0 Å². The van der Waals surface area contributed by atoms with Gasteiger partial charge in [0.05, 0.1) is 0 Å². The van der Waals surface area contributed by atoms with Gasteiger partial charge >= 0.3 is 19.5 Å². The molecule has 0 aliphatic rings. The van der Waals surface area contributed by atoms with Crippen LogP contribution in [-0.2, 0) is 32.3 Å². The Labute approximate surface area is 104 Å². The summed E-state index contributed by atoms with van der Waals surface area (Å²) in [5.74, 6) is 0. The van der Waals surface area contributed by atoms with Crippen LogP contribution in [0.1, 0.15) is 25.0 Å². The van der Waals surface area contributed by atoms with Crippen LogP contribution in [0.2, 0.25) is 0 Å². The Morgan fingerprint density at radius 1 is 1.20 bits per heavy atom. The van der Waals surface area contributed by atoms with Crippen molar-refractivity contribution in [3.8, 4) is 0 Å². The van der Waals surface area contributed by atoms with Crippen molar-refractivity contribution in [3.05, 3.63) is 48.0 Å². The van der Waals surface area contributed by atoms with Gasteiger partial charge in [-0.25, -0.2) is 0 Å². The molecule has 0 saturated carbocycles. The van der Waals surface area contributed by atoms with Crippen molar-refractivity contribution >= 4 is 0 Å². The molecular formula is C12H16N2Ru. The Balaban J connectivity index is 0.000000280. The zero-order chi connectivity index (χ0) is 10.2. The quantitative estimate of drug-likeness (QED) is 0.629. The molecule has 3 heteroatoms. The van der Waals surface area contributed by atoms with Crippen LogP contribution in [0, 0.1) is 12.4 Å². The second kappa shape index (κ2) is 8.49. The molecule has 0 spiro atoms. The molecule has 0 amide bonds. The number of hydrogen-bond donors (Lipinski definition) is 2. The largest absolute Gasteiger partial charge is 2.00 e. The van der Waals surface area contributed by atoms with Gasteiger partial charge in [0.25, 0.3) is 0 Å². The Hall–Kier alpha value is -0.817. The minimum Gasteiger partial charge on any atom is -0.484 e. The van der Waals surface area contributed by atoms with Gasteiger partial charge in [-0.3, -0.25) is 0 Å². The molecule has 0 atom stereocenters. The molecule has 15 heavy (non-hydrogen) atoms. The number of rotatable bonds is 2. The van der Waals surface area contributed by atoms with E-state index in [2.05, 4.69) is 36.2 Å². The molecule has 0 bridgehead atoms. The summed E-state index contributed by atoms with van der Waals surface area (Å²) in [6.45, 7) is 4.31. The van der Waals surface area contributed by atoms with Gasteiger partial charge in [0, 0.05) is 0 Å². The monoisotopic (exact) mass is 290 g/mol. The van der Waals surface area contributed by atoms with E-state index in [1.165, 1.54) is 11.1 Å². The molecule has 2 aromatic heterocycles. The van der Waals surface area contributed by atoms with Crippen molar-refractivity contribution < 1.29 is 19.5 Å². The van der Waals surface area contributed by atoms with Crippen LogP contribution in [0.5, 0.6) is 0 Å². The van der Waals surface area contributed by atoms with E-state index in [4.69, 9.17) is 0 Å². The molecule has 0 radical (unpaired) electrons. The first-order valence-corrected chi connectivity index (χ1v) is 4.94. The van der Waals surface area contributed by atoms with Crippen LogP contribution in [-0.4, -0.2) is 9.97 Å². The van der Waals surface area contributed by atoms with E-state index in [1.54, 1.807) is 0 Å². The van der Waals surface area contributed by atoms with E-state index in [1.807, 2.05) is 24.5 Å². The summed E-state index contributed by atoms with van der Waals surface area (Å²) in [5.41, 5.74) is 2.73. The fourth-order valence-electron chi connectivity index (χ4n) is 1.25. The molecule has 2 nitrogen and oxygen atoms in total. The second-order valence-corrected chi connectivity index (χ2v) is 2.94. The van der Waals surface area contributed by atoms with E-state index >= 15 is 0 Å². The van der Waals surface area contributed by atoms with Crippen molar-refractivity contribution in [2.45, 2.75) is 26.7 Å². The fourth-order valence-corrected chi connectivity index (χ4v) is 1.25. The van der Waals surface area contributed by atoms with Crippen LogP contribution >= 0.6 is 0 Å². The first kappa shape index (κ1) is 14.2. The summed E-state index contributed by atoms with van der Waals surface area (Å²) >= 11 is 0. The zero-order valence-electron chi connectivity index (χ0n) is 9.08. The fraction of sp³-hybridized carbons (Fsp3) is 0.333. The van der Waals surface area contributed by atoms with Gasteiger partial charge in [0.1, 0.15) is 0 Å². The molecule has 0 aliphatic carbocycles. The van der Waals surface area contributed by atoms with E-state index in [9.17, 15) is 0 Å². The van der Waals surface area contributed by atoms with Crippen LogP contribution < -0.4 is 0 Å². The Morgan fingerprint density at radius 3 is 2.33 bits per heavy atom. The molecule has 2 N–H and O–H groups in total. The molecule has 0 saturated heterocycles. The first-order valence-electron chi connectivity index (χ1n) is 4.94. The number of H-pyrrole nitrogens is 2. The molecule has 0 aliphatic heterocycles. The first-order chi connectivity index (χ1) is 6.88. The molecule has 0 unspecified atom stereocenters. The Morgan fingerprint density at radius 2 is 2.00 bits per heavy atom. The smallest absolute Gasteiger partial charge is 0.484 e. The molecule has 2 aromatic rings. The third-order valence-corrected chi connectivity index (χ3v) is 2.03. The summed E-state index contributed by atoms with van der Waals surface area (Å²) < 4.78 is 0. The van der Waals surface area contributed by atoms with Crippen LogP contribution in [0.4, 0.5) is 0 Å². The zero-order valence-corrected chi connectivity index (χ0v) is 10.8. The van der Waals surface area contributed by atoms with Crippen molar-refractivity contribution in [3.63, 3.8) is 0 Å². The number of aromatic nitrogens is 2. The van der Waals surface area contributed by atoms with Gasteiger partial charge in [-0.1, -0.05) is 26.7 Å². The molecule has 2 rings (SSSR count). The van der Waals surface area contributed by atoms with Crippen LogP contribution in [0.25, 0.3) is 0 Å². The average Bonchev–Trinajstić information content (AvgIpc) is 2.91. The maximum Gasteiger partial charge on any atom is 2.00 e. The van der Waals surface area contributed by atoms with E-state index in [-0.39, 0.29) is 19.5 Å². The van der Waals surface area contributed by atoms with Crippen LogP contribution in [0.15, 0.2) is 24.5 Å². The number of nitrogens with one attached hydrogen (secondary N) is 2. The summed E-state index contributed by atoms with van der Waals surface area (Å²) in [6, 6.07) is 3.71. The molecule has 0 aromatic carbocycles. The van der Waals surface area contributed by atoms with Crippen molar-refractivity contribution in [2.75, 3.05) is 0 Å². The minimum atomic E-state index is 0. The van der Waals surface area contributed by atoms with Crippen molar-refractivity contribution in [1.82, 2.24) is 9.97 Å².